The SMILES string of the molecule is NCCc1nnc(SCC[C@@H]2CCOC2)n1-c1ccccc1F. The number of thioether (sulfide) groups is 1. The van der Waals surface area contributed by atoms with Crippen LogP contribution in [-0.4, -0.2) is 40.3 Å². The van der Waals surface area contributed by atoms with E-state index in [1.54, 1.807) is 28.5 Å². The molecule has 0 saturated carbocycles. The summed E-state index contributed by atoms with van der Waals surface area (Å²) in [6.45, 7) is 2.16. The quantitative estimate of drug-likeness (QED) is 0.787. The van der Waals surface area contributed by atoms with Crippen LogP contribution < -0.4 is 5.73 Å². The molecular formula is C16H21FN4OS. The van der Waals surface area contributed by atoms with Crippen molar-refractivity contribution in [2.45, 2.75) is 24.4 Å². The molecule has 3 rings (SSSR count). The average molecular weight is 336 g/mol. The van der Waals surface area contributed by atoms with Crippen LogP contribution in [0.3, 0.4) is 0 Å². The van der Waals surface area contributed by atoms with Gasteiger partial charge in [0, 0.05) is 25.4 Å². The van der Waals surface area contributed by atoms with Crippen molar-refractivity contribution >= 4 is 11.8 Å². The number of benzene rings is 1. The predicted molar refractivity (Wildman–Crippen MR) is 88.3 cm³/mol. The van der Waals surface area contributed by atoms with Crippen LogP contribution in [0.5, 0.6) is 0 Å². The number of para-hydroxylation sites is 1. The minimum absolute atomic E-state index is 0.281. The van der Waals surface area contributed by atoms with Gasteiger partial charge in [-0.2, -0.15) is 0 Å². The predicted octanol–water partition coefficient (Wildman–Crippen LogP) is 2.43. The largest absolute Gasteiger partial charge is 0.381 e. The van der Waals surface area contributed by atoms with Gasteiger partial charge in [-0.25, -0.2) is 4.39 Å². The zero-order valence-corrected chi connectivity index (χ0v) is 13.8. The van der Waals surface area contributed by atoms with Crippen LogP contribution in [0.1, 0.15) is 18.7 Å². The van der Waals surface area contributed by atoms with Gasteiger partial charge in [0.2, 0.25) is 0 Å². The third kappa shape index (κ3) is 3.91. The Bertz CT molecular complexity index is 643. The fourth-order valence-electron chi connectivity index (χ4n) is 2.69. The van der Waals surface area contributed by atoms with Gasteiger partial charge >= 0.3 is 0 Å². The zero-order chi connectivity index (χ0) is 16.1. The Morgan fingerprint density at radius 2 is 2.22 bits per heavy atom. The molecule has 1 aliphatic heterocycles. The zero-order valence-electron chi connectivity index (χ0n) is 12.9. The Morgan fingerprint density at radius 3 is 2.96 bits per heavy atom. The molecule has 1 aromatic heterocycles. The molecule has 2 heterocycles. The van der Waals surface area contributed by atoms with Gasteiger partial charge in [0.05, 0.1) is 5.69 Å². The number of nitrogens with two attached hydrogens (primary N) is 1. The number of rotatable bonds is 7. The van der Waals surface area contributed by atoms with E-state index in [0.29, 0.717) is 30.4 Å². The Kier molecular flexibility index (Phi) is 5.64. The van der Waals surface area contributed by atoms with E-state index < -0.39 is 0 Å². The molecule has 0 bridgehead atoms. The summed E-state index contributed by atoms with van der Waals surface area (Å²) in [4.78, 5) is 0. The Labute approximate surface area is 139 Å². The third-order valence-corrected chi connectivity index (χ3v) is 4.91. The first-order valence-corrected chi connectivity index (χ1v) is 8.88. The minimum Gasteiger partial charge on any atom is -0.381 e. The fourth-order valence-corrected chi connectivity index (χ4v) is 3.75. The molecule has 1 fully saturated rings. The first-order valence-electron chi connectivity index (χ1n) is 7.89. The molecule has 1 atom stereocenters. The summed E-state index contributed by atoms with van der Waals surface area (Å²) < 4.78 is 21.4. The maximum atomic E-state index is 14.2. The monoisotopic (exact) mass is 336 g/mol. The topological polar surface area (TPSA) is 66.0 Å². The second kappa shape index (κ2) is 7.90. The van der Waals surface area contributed by atoms with E-state index in [-0.39, 0.29) is 5.82 Å². The van der Waals surface area contributed by atoms with Crippen LogP contribution >= 0.6 is 11.8 Å². The summed E-state index contributed by atoms with van der Waals surface area (Å²) in [6, 6.07) is 6.69. The number of halogens is 1. The Morgan fingerprint density at radius 1 is 1.35 bits per heavy atom. The van der Waals surface area contributed by atoms with Crippen molar-refractivity contribution in [1.82, 2.24) is 14.8 Å². The molecule has 2 N–H and O–H groups in total. The molecule has 0 unspecified atom stereocenters. The van der Waals surface area contributed by atoms with Crippen molar-refractivity contribution in [2.24, 2.45) is 11.7 Å². The standard InChI is InChI=1S/C16H21FN4OS/c17-13-3-1-2-4-14(13)21-15(5-8-18)19-20-16(21)23-10-7-12-6-9-22-11-12/h1-4,12H,5-11,18H2/t12-/m0/s1. The van der Waals surface area contributed by atoms with Crippen LogP contribution in [-0.2, 0) is 11.2 Å². The summed E-state index contributed by atoms with van der Waals surface area (Å²) in [5.41, 5.74) is 6.12. The highest BCUT2D eigenvalue weighted by Gasteiger charge is 2.19. The molecule has 0 aliphatic carbocycles. The lowest BCUT2D eigenvalue weighted by atomic mass is 10.1. The fraction of sp³-hybridized carbons (Fsp3) is 0.500. The van der Waals surface area contributed by atoms with Crippen LogP contribution in [0.15, 0.2) is 29.4 Å². The highest BCUT2D eigenvalue weighted by Crippen LogP contribution is 2.26. The van der Waals surface area contributed by atoms with Gasteiger partial charge in [-0.1, -0.05) is 23.9 Å². The van der Waals surface area contributed by atoms with E-state index in [1.165, 1.54) is 6.07 Å². The molecule has 1 aromatic carbocycles. The molecule has 2 aromatic rings. The molecular weight excluding hydrogens is 315 g/mol. The summed E-state index contributed by atoms with van der Waals surface area (Å²) in [7, 11) is 0. The molecule has 0 radical (unpaired) electrons. The van der Waals surface area contributed by atoms with Crippen molar-refractivity contribution in [3.8, 4) is 5.69 Å². The normalized spacial score (nSPS) is 17.7. The molecule has 124 valence electrons. The van der Waals surface area contributed by atoms with Crippen molar-refractivity contribution in [1.29, 1.82) is 0 Å². The molecule has 5 nitrogen and oxygen atoms in total. The van der Waals surface area contributed by atoms with Gasteiger partial charge in [-0.3, -0.25) is 4.57 Å². The Balaban J connectivity index is 1.78. The van der Waals surface area contributed by atoms with E-state index in [4.69, 9.17) is 10.5 Å². The van der Waals surface area contributed by atoms with Crippen molar-refractivity contribution in [3.63, 3.8) is 0 Å². The number of aromatic nitrogens is 3. The van der Waals surface area contributed by atoms with Gasteiger partial charge in [0.15, 0.2) is 5.16 Å². The van der Waals surface area contributed by atoms with Gasteiger partial charge in [-0.05, 0) is 37.4 Å². The van der Waals surface area contributed by atoms with Crippen molar-refractivity contribution in [2.75, 3.05) is 25.5 Å². The number of hydrogen-bond acceptors (Lipinski definition) is 5. The van der Waals surface area contributed by atoms with Crippen LogP contribution in [0.2, 0.25) is 0 Å². The average Bonchev–Trinajstić information content (AvgIpc) is 3.19. The molecule has 7 heteroatoms. The van der Waals surface area contributed by atoms with Gasteiger partial charge in [0.1, 0.15) is 11.6 Å². The van der Waals surface area contributed by atoms with Crippen molar-refractivity contribution < 1.29 is 9.13 Å². The highest BCUT2D eigenvalue weighted by molar-refractivity contribution is 7.99. The highest BCUT2D eigenvalue weighted by atomic mass is 32.2. The lowest BCUT2D eigenvalue weighted by Crippen LogP contribution is -2.11. The third-order valence-electron chi connectivity index (χ3n) is 3.94. The smallest absolute Gasteiger partial charge is 0.195 e. The second-order valence-corrected chi connectivity index (χ2v) is 6.65. The van der Waals surface area contributed by atoms with Crippen molar-refractivity contribution in [3.05, 3.63) is 35.9 Å². The lowest BCUT2D eigenvalue weighted by Gasteiger charge is -2.11. The molecule has 0 amide bonds. The summed E-state index contributed by atoms with van der Waals surface area (Å²) in [5.74, 6) is 1.96. The van der Waals surface area contributed by atoms with E-state index in [0.717, 1.165) is 37.0 Å². The molecule has 0 spiro atoms. The summed E-state index contributed by atoms with van der Waals surface area (Å²) >= 11 is 1.61. The van der Waals surface area contributed by atoms with E-state index in [1.807, 2.05) is 6.07 Å². The van der Waals surface area contributed by atoms with E-state index >= 15 is 0 Å². The lowest BCUT2D eigenvalue weighted by molar-refractivity contribution is 0.185. The summed E-state index contributed by atoms with van der Waals surface area (Å²) in [5, 5.41) is 9.15. The maximum absolute atomic E-state index is 14.2. The Hall–Kier alpha value is -1.44. The summed E-state index contributed by atoms with van der Waals surface area (Å²) in [6.07, 6.45) is 2.76. The van der Waals surface area contributed by atoms with Crippen LogP contribution in [0.4, 0.5) is 4.39 Å². The van der Waals surface area contributed by atoms with Gasteiger partial charge in [0.25, 0.3) is 0 Å². The van der Waals surface area contributed by atoms with Crippen LogP contribution in [0, 0.1) is 11.7 Å². The maximum Gasteiger partial charge on any atom is 0.195 e. The van der Waals surface area contributed by atoms with Crippen LogP contribution in [0.25, 0.3) is 5.69 Å². The molecule has 23 heavy (non-hydrogen) atoms. The number of ether oxygens (including phenoxy) is 1. The van der Waals surface area contributed by atoms with Gasteiger partial charge in [-0.15, -0.1) is 10.2 Å². The molecule has 1 saturated heterocycles. The molecule has 1 aliphatic rings. The number of nitrogens with zero attached hydrogens (tertiary/aromatic N) is 3. The van der Waals surface area contributed by atoms with E-state index in [9.17, 15) is 4.39 Å². The first-order chi connectivity index (χ1) is 11.3. The van der Waals surface area contributed by atoms with Gasteiger partial charge < -0.3 is 10.5 Å². The number of hydrogen-bond donors (Lipinski definition) is 1. The second-order valence-electron chi connectivity index (χ2n) is 5.59. The first kappa shape index (κ1) is 16.4. The van der Waals surface area contributed by atoms with E-state index in [2.05, 4.69) is 10.2 Å². The minimum atomic E-state index is -0.281.